The zero-order valence-electron chi connectivity index (χ0n) is 52.3. The van der Waals surface area contributed by atoms with Crippen molar-refractivity contribution < 1.29 is 225 Å². The summed E-state index contributed by atoms with van der Waals surface area (Å²) in [5.74, 6) is -12.4. The normalized spacial score (nSPS) is 16.7. The molecule has 16 atom stereocenters. The van der Waals surface area contributed by atoms with Crippen LogP contribution in [0, 0.1) is 39.9 Å². The molecule has 6 amide bonds. The van der Waals surface area contributed by atoms with E-state index in [1.54, 1.807) is 0 Å². The third kappa shape index (κ3) is 40.2. The molecule has 0 aromatic carbocycles. The number of aliphatic carboxylic acids is 3. The van der Waals surface area contributed by atoms with Crippen LogP contribution in [0.3, 0.4) is 0 Å². The second-order valence-corrected chi connectivity index (χ2v) is 20.4. The van der Waals surface area contributed by atoms with Crippen LogP contribution in [-0.4, -0.2) is 446 Å². The van der Waals surface area contributed by atoms with E-state index >= 15 is 0 Å². The number of oxime groups is 4. The van der Waals surface area contributed by atoms with Gasteiger partial charge < -0.3 is 167 Å². The molecule has 48 nitrogen and oxygen atoms in total. The number of aliphatic hydroxyl groups excluding tert-OH is 20. The summed E-state index contributed by atoms with van der Waals surface area (Å²) in [5, 5.41) is 245. The van der Waals surface area contributed by atoms with Crippen molar-refractivity contribution in [3.8, 4) is 0 Å². The summed E-state index contributed by atoms with van der Waals surface area (Å²) in [5.41, 5.74) is 0. The SMILES string of the molecule is O.O=C([O-])CN(CCN(CC(=O)[O-])CC(=O)NCCN(C(=O)CO/N=C/C(O)C(O)[C@@H](O)C(O)CO)C(=O)CO/N=C/C(O)[C@@H](O)[C@H](O)C(O)CO)CCN(CC(=O)[O-])CC(=O)NCCN(C(=O)CO/N=C/C(O)[C@@H](O)[C@H](O)C(O)CO)C(=O)CO/N=C/C(O)[C@H](O)[C@H](O)C(O)CO.[Gd+3]. The standard InChI is InChI=1S/C50H87N11O36.Gd.H2O/c62-18-30(70)47(90)43(86)26(66)9-53-94-22-36(76)60(37(77)23-95-54-10-27(67)44(87)48(91)31(71)19-63)3-1-51-34(74)13-58(16-41(82)83)7-5-57(15-40(80)81)6-8-59(17-42(84)85)14-35(75)52-2-4-61(38(78)24-96-55-11-28(68)45(88)49(92)32(72)20-64)39(79)25-97-56-12-29(69)46(89)50(93)33(73)21-65;;/h9-12,26-33,43-50,62-73,86-93H,1-8,13-25H2,(H,51,74)(H,52,75)(H,80,81)(H,82,83)(H,84,85);;1H2/q;+3;/p-3/b53-9+,54-10+,55-11+,56-12+;;/t26?,27?,28?,29?,30?,31?,32?,33?,43-,44+,45-,46?,47-,48-,49-,50+;;/m1../s1. The molecule has 0 saturated heterocycles. The van der Waals surface area contributed by atoms with Crippen molar-refractivity contribution in [2.24, 2.45) is 20.6 Å². The van der Waals surface area contributed by atoms with Crippen molar-refractivity contribution in [1.82, 2.24) is 35.1 Å². The number of carboxylic acid groups (broad SMARTS) is 3. The molecule has 0 saturated carbocycles. The van der Waals surface area contributed by atoms with Gasteiger partial charge in [0.25, 0.3) is 23.6 Å². The Kier molecular flexibility index (Phi) is 52.6. The Hall–Kier alpha value is -6.13. The Labute approximate surface area is 592 Å². The van der Waals surface area contributed by atoms with Gasteiger partial charge in [0.05, 0.1) is 82.3 Å². The molecule has 571 valence electrons. The molecule has 0 aromatic rings. The minimum absolute atomic E-state index is 0. The Morgan fingerprint density at radius 3 is 0.768 bits per heavy atom. The number of aliphatic hydroxyl groups is 20. The van der Waals surface area contributed by atoms with Crippen LogP contribution in [-0.2, 0) is 62.5 Å². The van der Waals surface area contributed by atoms with E-state index in [9.17, 15) is 140 Å². The third-order valence-corrected chi connectivity index (χ3v) is 12.8. The monoisotopic (exact) mass is 1590 g/mol. The zero-order chi connectivity index (χ0) is 74.1. The van der Waals surface area contributed by atoms with Gasteiger partial charge in [-0.1, -0.05) is 20.6 Å². The maximum atomic E-state index is 13.2. The first kappa shape index (κ1) is 97.1. The molecule has 0 spiro atoms. The van der Waals surface area contributed by atoms with Crippen LogP contribution in [0.1, 0.15) is 0 Å². The van der Waals surface area contributed by atoms with Crippen LogP contribution in [0.2, 0.25) is 0 Å². The summed E-state index contributed by atoms with van der Waals surface area (Å²) in [6.45, 7) is -17.9. The van der Waals surface area contributed by atoms with Crippen LogP contribution in [0.25, 0.3) is 0 Å². The van der Waals surface area contributed by atoms with E-state index in [-0.39, 0.29) is 45.4 Å². The average Bonchev–Trinajstić information content (AvgIpc) is 0.948. The molecular formula is C50H86GdN11O37. The van der Waals surface area contributed by atoms with E-state index < -0.39 is 289 Å². The number of carboxylic acids is 3. The van der Waals surface area contributed by atoms with E-state index in [4.69, 9.17) is 39.8 Å². The molecule has 9 unspecified atom stereocenters. The second-order valence-electron chi connectivity index (χ2n) is 20.4. The van der Waals surface area contributed by atoms with Crippen LogP contribution >= 0.6 is 0 Å². The summed E-state index contributed by atoms with van der Waals surface area (Å²) in [6.07, 6.45) is -31.1. The van der Waals surface area contributed by atoms with E-state index in [0.29, 0.717) is 34.7 Å². The van der Waals surface area contributed by atoms with Crippen molar-refractivity contribution >= 4 is 78.2 Å². The van der Waals surface area contributed by atoms with E-state index in [0.717, 1.165) is 14.7 Å². The van der Waals surface area contributed by atoms with Crippen LogP contribution in [0.15, 0.2) is 20.6 Å². The summed E-state index contributed by atoms with van der Waals surface area (Å²) >= 11 is 0. The fraction of sp³-hybridized carbons (Fsp3) is 0.740. The van der Waals surface area contributed by atoms with Crippen molar-refractivity contribution in [2.75, 3.05) is 138 Å². The van der Waals surface area contributed by atoms with E-state index in [1.165, 1.54) is 0 Å². The van der Waals surface area contributed by atoms with Gasteiger partial charge in [-0.25, -0.2) is 0 Å². The molecule has 0 rings (SSSR count). The van der Waals surface area contributed by atoms with E-state index in [2.05, 4.69) is 31.3 Å². The molecular weight excluding hydrogens is 1500 g/mol. The molecule has 0 aliphatic heterocycles. The number of nitrogens with zero attached hydrogens (tertiary/aromatic N) is 9. The van der Waals surface area contributed by atoms with Crippen LogP contribution in [0.4, 0.5) is 0 Å². The Morgan fingerprint density at radius 2 is 0.556 bits per heavy atom. The number of hydrogen-bond donors (Lipinski definition) is 22. The van der Waals surface area contributed by atoms with Gasteiger partial charge in [-0.2, -0.15) is 0 Å². The number of carbonyl (C=O) groups is 9. The molecule has 0 heterocycles. The van der Waals surface area contributed by atoms with Crippen LogP contribution < -0.4 is 26.0 Å². The predicted octanol–water partition coefficient (Wildman–Crippen LogP) is -23.0. The van der Waals surface area contributed by atoms with Crippen molar-refractivity contribution in [2.45, 2.75) is 97.7 Å². The first-order valence-corrected chi connectivity index (χ1v) is 28.5. The van der Waals surface area contributed by atoms with Crippen molar-refractivity contribution in [3.63, 3.8) is 0 Å². The Morgan fingerprint density at radius 1 is 0.343 bits per heavy atom. The molecule has 0 aromatic heterocycles. The molecule has 0 bridgehead atoms. The summed E-state index contributed by atoms with van der Waals surface area (Å²) < 4.78 is 0. The fourth-order valence-corrected chi connectivity index (χ4v) is 7.33. The van der Waals surface area contributed by atoms with Gasteiger partial charge in [-0.3, -0.25) is 53.3 Å². The maximum Gasteiger partial charge on any atom is 3.00 e. The van der Waals surface area contributed by atoms with Gasteiger partial charge in [0, 0.05) is 72.0 Å². The smallest absolute Gasteiger partial charge is 0.549 e. The topological polar surface area (TPSA) is 786 Å². The number of nitrogens with one attached hydrogen (secondary N) is 2. The van der Waals surface area contributed by atoms with Gasteiger partial charge >= 0.3 is 39.9 Å². The van der Waals surface area contributed by atoms with Gasteiger partial charge in [0.15, 0.2) is 26.4 Å². The number of hydrogen-bond acceptors (Lipinski definition) is 43. The zero-order valence-corrected chi connectivity index (χ0v) is 54.5. The molecule has 24 N–H and O–H groups in total. The van der Waals surface area contributed by atoms with Gasteiger partial charge in [-0.05, 0) is 0 Å². The van der Waals surface area contributed by atoms with E-state index in [1.807, 2.05) is 0 Å². The quantitative estimate of drug-likeness (QED) is 0.0199. The van der Waals surface area contributed by atoms with Crippen LogP contribution in [0.5, 0.6) is 0 Å². The van der Waals surface area contributed by atoms with Gasteiger partial charge in [-0.15, -0.1) is 0 Å². The molecule has 1 radical (unpaired) electrons. The predicted molar refractivity (Wildman–Crippen MR) is 310 cm³/mol. The largest absolute Gasteiger partial charge is 3.00 e. The number of carbonyl (C=O) groups excluding carboxylic acids is 9. The Balaban J connectivity index is -0.0000461. The van der Waals surface area contributed by atoms with Crippen molar-refractivity contribution in [1.29, 1.82) is 0 Å². The van der Waals surface area contributed by atoms with Crippen molar-refractivity contribution in [3.05, 3.63) is 0 Å². The minimum Gasteiger partial charge on any atom is -0.549 e. The van der Waals surface area contributed by atoms with Gasteiger partial charge in [0.2, 0.25) is 11.8 Å². The Bertz CT molecular complexity index is 2240. The molecule has 0 fully saturated rings. The molecule has 99 heavy (non-hydrogen) atoms. The number of amides is 6. The fourth-order valence-electron chi connectivity index (χ4n) is 7.33. The molecule has 49 heteroatoms. The number of imide groups is 2. The molecule has 0 aliphatic rings. The molecule has 0 aliphatic carbocycles. The van der Waals surface area contributed by atoms with Gasteiger partial charge in [0.1, 0.15) is 97.7 Å². The average molecular weight is 1590 g/mol. The number of rotatable bonds is 54. The maximum absolute atomic E-state index is 13.2. The third-order valence-electron chi connectivity index (χ3n) is 12.8. The first-order valence-electron chi connectivity index (χ1n) is 28.5. The summed E-state index contributed by atoms with van der Waals surface area (Å²) in [7, 11) is 0. The second kappa shape index (κ2) is 53.7. The summed E-state index contributed by atoms with van der Waals surface area (Å²) in [6, 6.07) is 0. The summed E-state index contributed by atoms with van der Waals surface area (Å²) in [4.78, 5) is 137. The minimum atomic E-state index is -2.15. The first-order chi connectivity index (χ1) is 45.6.